The van der Waals surface area contributed by atoms with Crippen LogP contribution in [0.4, 0.5) is 0 Å². The van der Waals surface area contributed by atoms with Crippen molar-refractivity contribution in [2.75, 3.05) is 5.75 Å². The van der Waals surface area contributed by atoms with Crippen molar-refractivity contribution in [1.29, 1.82) is 0 Å². The molecule has 2 nitrogen and oxygen atoms in total. The third-order valence-electron chi connectivity index (χ3n) is 3.59. The maximum absolute atomic E-state index is 12.2. The van der Waals surface area contributed by atoms with Crippen molar-refractivity contribution in [1.82, 2.24) is 0 Å². The van der Waals surface area contributed by atoms with Gasteiger partial charge in [0.25, 0.3) is 0 Å². The summed E-state index contributed by atoms with van der Waals surface area (Å²) in [5.74, 6) is 1.55. The molecule has 3 rings (SSSR count). The smallest absolute Gasteiger partial charge is 0.173 e. The Morgan fingerprint density at radius 3 is 2.89 bits per heavy atom. The van der Waals surface area contributed by atoms with Crippen molar-refractivity contribution < 1.29 is 9.21 Å². The number of hydrogen-bond acceptors (Lipinski definition) is 3. The van der Waals surface area contributed by atoms with Crippen molar-refractivity contribution in [3.8, 4) is 0 Å². The quantitative estimate of drug-likeness (QED) is 0.621. The average molecular weight is 272 g/mol. The van der Waals surface area contributed by atoms with Gasteiger partial charge in [-0.15, -0.1) is 11.8 Å². The second kappa shape index (κ2) is 5.25. The van der Waals surface area contributed by atoms with Gasteiger partial charge < -0.3 is 4.42 Å². The van der Waals surface area contributed by atoms with E-state index in [4.69, 9.17) is 4.42 Å². The van der Waals surface area contributed by atoms with Crippen molar-refractivity contribution in [3.05, 3.63) is 53.0 Å². The van der Waals surface area contributed by atoms with Gasteiger partial charge in [-0.05, 0) is 49.4 Å². The molecular weight excluding hydrogens is 256 g/mol. The van der Waals surface area contributed by atoms with E-state index in [0.29, 0.717) is 5.75 Å². The Balaban J connectivity index is 1.69. The highest BCUT2D eigenvalue weighted by molar-refractivity contribution is 8.00. The minimum absolute atomic E-state index is 0.195. The topological polar surface area (TPSA) is 30.2 Å². The van der Waals surface area contributed by atoms with Crippen LogP contribution in [0.3, 0.4) is 0 Å². The van der Waals surface area contributed by atoms with Crippen LogP contribution in [0.15, 0.2) is 39.8 Å². The number of carbonyl (C=O) groups is 1. The van der Waals surface area contributed by atoms with E-state index < -0.39 is 0 Å². The lowest BCUT2D eigenvalue weighted by Crippen LogP contribution is -2.03. The van der Waals surface area contributed by atoms with Crippen LogP contribution in [0.2, 0.25) is 0 Å². The normalized spacial score (nSPS) is 13.5. The van der Waals surface area contributed by atoms with Crippen LogP contribution >= 0.6 is 11.8 Å². The van der Waals surface area contributed by atoms with Crippen LogP contribution in [0.25, 0.3) is 0 Å². The Labute approximate surface area is 117 Å². The first-order valence-electron chi connectivity index (χ1n) is 6.56. The first-order valence-corrected chi connectivity index (χ1v) is 7.54. The molecule has 0 atom stereocenters. The molecule has 1 heterocycles. The first kappa shape index (κ1) is 12.5. The van der Waals surface area contributed by atoms with Gasteiger partial charge in [0.15, 0.2) is 5.78 Å². The fourth-order valence-corrected chi connectivity index (χ4v) is 3.35. The van der Waals surface area contributed by atoms with Gasteiger partial charge in [0, 0.05) is 10.5 Å². The summed E-state index contributed by atoms with van der Waals surface area (Å²) in [7, 11) is 0. The molecule has 19 heavy (non-hydrogen) atoms. The van der Waals surface area contributed by atoms with Crippen LogP contribution in [0.5, 0.6) is 0 Å². The minimum Gasteiger partial charge on any atom is -0.468 e. The van der Waals surface area contributed by atoms with Crippen molar-refractivity contribution >= 4 is 17.5 Å². The molecule has 0 N–H and O–H groups in total. The van der Waals surface area contributed by atoms with Crippen LogP contribution in [-0.2, 0) is 12.8 Å². The highest BCUT2D eigenvalue weighted by Crippen LogP contribution is 2.26. The Hall–Kier alpha value is -1.48. The number of benzene rings is 1. The van der Waals surface area contributed by atoms with Crippen molar-refractivity contribution in [2.24, 2.45) is 0 Å². The van der Waals surface area contributed by atoms with Crippen molar-refractivity contribution in [3.63, 3.8) is 0 Å². The molecule has 0 fully saturated rings. The first-order chi connectivity index (χ1) is 9.24. The number of hydrogen-bond donors (Lipinski definition) is 0. The number of carbonyl (C=O) groups excluding carboxylic acids is 1. The van der Waals surface area contributed by atoms with Gasteiger partial charge in [0.2, 0.25) is 0 Å². The van der Waals surface area contributed by atoms with E-state index in [2.05, 4.69) is 12.1 Å². The average Bonchev–Trinajstić information content (AvgIpc) is 3.03. The summed E-state index contributed by atoms with van der Waals surface area (Å²) in [5, 5.41) is 0. The summed E-state index contributed by atoms with van der Waals surface area (Å²) >= 11 is 1.55. The number of thioether (sulfide) groups is 1. The summed E-state index contributed by atoms with van der Waals surface area (Å²) < 4.78 is 5.23. The lowest BCUT2D eigenvalue weighted by Gasteiger charge is -2.04. The number of fused-ring (bicyclic) bond motifs is 1. The molecule has 0 unspecified atom stereocenters. The zero-order valence-corrected chi connectivity index (χ0v) is 11.8. The molecule has 0 aliphatic heterocycles. The second-order valence-electron chi connectivity index (χ2n) is 4.89. The SMILES string of the molecule is Cc1occc1SCC(=O)c1ccc2c(c1)CCC2. The standard InChI is InChI=1S/C16H16O2S/c1-11-16(7-8-18-11)19-10-15(17)14-6-5-12-3-2-4-13(12)9-14/h5-9H,2-4,10H2,1H3. The van der Waals surface area contributed by atoms with Gasteiger partial charge in [-0.2, -0.15) is 0 Å². The van der Waals surface area contributed by atoms with Crippen LogP contribution in [0, 0.1) is 6.92 Å². The number of aryl methyl sites for hydroxylation is 3. The zero-order valence-electron chi connectivity index (χ0n) is 10.9. The van der Waals surface area contributed by atoms with Gasteiger partial charge in [0.1, 0.15) is 5.76 Å². The molecule has 98 valence electrons. The molecular formula is C16H16O2S. The molecule has 1 aromatic carbocycles. The number of furan rings is 1. The molecule has 2 aromatic rings. The fraction of sp³-hybridized carbons (Fsp3) is 0.312. The maximum Gasteiger partial charge on any atom is 0.173 e. The van der Waals surface area contributed by atoms with E-state index in [0.717, 1.165) is 29.1 Å². The highest BCUT2D eigenvalue weighted by atomic mass is 32.2. The Bertz CT molecular complexity index is 613. The summed E-state index contributed by atoms with van der Waals surface area (Å²) in [5.41, 5.74) is 3.61. The third kappa shape index (κ3) is 2.61. The van der Waals surface area contributed by atoms with E-state index in [1.165, 1.54) is 17.5 Å². The van der Waals surface area contributed by atoms with E-state index in [1.807, 2.05) is 19.1 Å². The summed E-state index contributed by atoms with van der Waals surface area (Å²) in [6.07, 6.45) is 5.16. The van der Waals surface area contributed by atoms with Gasteiger partial charge >= 0.3 is 0 Å². The van der Waals surface area contributed by atoms with E-state index in [9.17, 15) is 4.79 Å². The van der Waals surface area contributed by atoms with Crippen molar-refractivity contribution in [2.45, 2.75) is 31.1 Å². The largest absolute Gasteiger partial charge is 0.468 e. The van der Waals surface area contributed by atoms with Crippen LogP contribution in [-0.4, -0.2) is 11.5 Å². The molecule has 0 amide bonds. The summed E-state index contributed by atoms with van der Waals surface area (Å²) in [6.45, 7) is 1.92. The minimum atomic E-state index is 0.195. The summed E-state index contributed by atoms with van der Waals surface area (Å²) in [4.78, 5) is 13.3. The maximum atomic E-state index is 12.2. The lowest BCUT2D eigenvalue weighted by molar-refractivity contribution is 0.102. The molecule has 1 aliphatic carbocycles. The molecule has 0 bridgehead atoms. The summed E-state index contributed by atoms with van der Waals surface area (Å²) in [6, 6.07) is 8.07. The molecule has 0 spiro atoms. The third-order valence-corrected chi connectivity index (χ3v) is 4.73. The van der Waals surface area contributed by atoms with E-state index in [-0.39, 0.29) is 5.78 Å². The van der Waals surface area contributed by atoms with Gasteiger partial charge in [-0.3, -0.25) is 4.79 Å². The number of rotatable bonds is 4. The molecule has 0 saturated carbocycles. The van der Waals surface area contributed by atoms with Crippen LogP contribution < -0.4 is 0 Å². The fourth-order valence-electron chi connectivity index (χ4n) is 2.49. The Morgan fingerprint density at radius 2 is 2.11 bits per heavy atom. The highest BCUT2D eigenvalue weighted by Gasteiger charge is 2.14. The van der Waals surface area contributed by atoms with E-state index in [1.54, 1.807) is 18.0 Å². The van der Waals surface area contributed by atoms with Crippen LogP contribution in [0.1, 0.15) is 33.7 Å². The molecule has 3 heteroatoms. The molecule has 0 radical (unpaired) electrons. The van der Waals surface area contributed by atoms with Gasteiger partial charge in [0.05, 0.1) is 12.0 Å². The molecule has 1 aromatic heterocycles. The van der Waals surface area contributed by atoms with Gasteiger partial charge in [-0.1, -0.05) is 12.1 Å². The number of Topliss-reactive ketones (excluding diaryl/α,β-unsaturated/α-hetero) is 1. The molecule has 0 saturated heterocycles. The predicted molar refractivity (Wildman–Crippen MR) is 77.0 cm³/mol. The monoisotopic (exact) mass is 272 g/mol. The zero-order chi connectivity index (χ0) is 13.2. The lowest BCUT2D eigenvalue weighted by atomic mass is 10.0. The number of ketones is 1. The Kier molecular flexibility index (Phi) is 3.47. The van der Waals surface area contributed by atoms with E-state index >= 15 is 0 Å². The Morgan fingerprint density at radius 1 is 1.26 bits per heavy atom. The molecule has 1 aliphatic rings. The predicted octanol–water partition coefficient (Wildman–Crippen LogP) is 4.05. The van der Waals surface area contributed by atoms with Gasteiger partial charge in [-0.25, -0.2) is 0 Å². The second-order valence-corrected chi connectivity index (χ2v) is 5.91.